The minimum Gasteiger partial charge on any atom is -0.370 e. The third-order valence-corrected chi connectivity index (χ3v) is 6.12. The van der Waals surface area contributed by atoms with Crippen LogP contribution in [-0.2, 0) is 40.5 Å². The van der Waals surface area contributed by atoms with E-state index in [1.807, 2.05) is 4.72 Å². The van der Waals surface area contributed by atoms with Gasteiger partial charge >= 0.3 is 6.03 Å². The van der Waals surface area contributed by atoms with Crippen LogP contribution in [0.3, 0.4) is 0 Å². The number of anilines is 1. The van der Waals surface area contributed by atoms with Crippen molar-refractivity contribution >= 4 is 27.6 Å². The lowest BCUT2D eigenvalue weighted by Gasteiger charge is -2.16. The van der Waals surface area contributed by atoms with E-state index < -0.39 is 22.0 Å². The molecule has 7 nitrogen and oxygen atoms in total. The second-order valence-electron chi connectivity index (χ2n) is 6.68. The number of hydrogen-bond donors (Lipinski definition) is 3. The van der Waals surface area contributed by atoms with Crippen molar-refractivity contribution in [2.24, 2.45) is 5.73 Å². The van der Waals surface area contributed by atoms with Gasteiger partial charge in [0.2, 0.25) is 15.9 Å². The van der Waals surface area contributed by atoms with E-state index in [4.69, 9.17) is 5.73 Å². The molecule has 0 bridgehead atoms. The number of rotatable bonds is 6. The van der Waals surface area contributed by atoms with E-state index in [-0.39, 0.29) is 18.6 Å². The summed E-state index contributed by atoms with van der Waals surface area (Å²) in [5, 5.41) is 2.78. The standard InChI is InChI=1S/C17H23N3O4S/c18-15(21)8-3-9-25(23,24)20-17(22)19-16-13-6-1-4-11(13)10-12-5-2-7-14(12)16/h10H,1-9H2,(H2,18,21)(H2,19,20,22). The highest BCUT2D eigenvalue weighted by Gasteiger charge is 2.25. The normalized spacial score (nSPS) is 15.5. The molecule has 0 saturated carbocycles. The molecule has 0 saturated heterocycles. The Labute approximate surface area is 147 Å². The van der Waals surface area contributed by atoms with E-state index in [1.54, 1.807) is 0 Å². The average Bonchev–Trinajstić information content (AvgIpc) is 3.14. The van der Waals surface area contributed by atoms with Crippen LogP contribution in [0.15, 0.2) is 6.07 Å². The first-order valence-electron chi connectivity index (χ1n) is 8.62. The summed E-state index contributed by atoms with van der Waals surface area (Å²) in [5.74, 6) is -0.871. The van der Waals surface area contributed by atoms with Gasteiger partial charge in [-0.15, -0.1) is 0 Å². The molecule has 0 atom stereocenters. The van der Waals surface area contributed by atoms with Crippen LogP contribution in [0.2, 0.25) is 0 Å². The number of aryl methyl sites for hydroxylation is 2. The Morgan fingerprint density at radius 1 is 1.04 bits per heavy atom. The van der Waals surface area contributed by atoms with Gasteiger partial charge < -0.3 is 11.1 Å². The molecule has 2 aliphatic rings. The molecule has 3 rings (SSSR count). The summed E-state index contributed by atoms with van der Waals surface area (Å²) in [4.78, 5) is 22.9. The highest BCUT2D eigenvalue weighted by Crippen LogP contribution is 2.38. The number of carbonyl (C=O) groups excluding carboxylic acids is 2. The third kappa shape index (κ3) is 4.12. The number of nitrogens with one attached hydrogen (secondary N) is 2. The SMILES string of the molecule is NC(=O)CCCS(=O)(=O)NC(=O)Nc1c2c(cc3c1CCC3)CCC2. The van der Waals surface area contributed by atoms with E-state index in [0.717, 1.165) is 55.3 Å². The smallest absolute Gasteiger partial charge is 0.332 e. The van der Waals surface area contributed by atoms with Gasteiger partial charge in [0.05, 0.1) is 5.75 Å². The molecular formula is C17H23N3O4S. The van der Waals surface area contributed by atoms with E-state index in [1.165, 1.54) is 11.1 Å². The summed E-state index contributed by atoms with van der Waals surface area (Å²) >= 11 is 0. The predicted molar refractivity (Wildman–Crippen MR) is 94.9 cm³/mol. The molecule has 1 aromatic carbocycles. The molecule has 25 heavy (non-hydrogen) atoms. The zero-order valence-corrected chi connectivity index (χ0v) is 14.9. The summed E-state index contributed by atoms with van der Waals surface area (Å²) in [6.07, 6.45) is 6.00. The molecule has 0 heterocycles. The maximum absolute atomic E-state index is 12.2. The zero-order valence-electron chi connectivity index (χ0n) is 14.1. The summed E-state index contributed by atoms with van der Waals surface area (Å²) in [6.45, 7) is 0. The highest BCUT2D eigenvalue weighted by atomic mass is 32.2. The number of fused-ring (bicyclic) bond motifs is 2. The third-order valence-electron chi connectivity index (χ3n) is 4.80. The van der Waals surface area contributed by atoms with Gasteiger partial charge in [-0.05, 0) is 67.2 Å². The second-order valence-corrected chi connectivity index (χ2v) is 8.52. The predicted octanol–water partition coefficient (Wildman–Crippen LogP) is 1.38. The Kier molecular flexibility index (Phi) is 4.99. The Bertz CT molecular complexity index is 785. The summed E-state index contributed by atoms with van der Waals surface area (Å²) in [6, 6.07) is 1.50. The number of carbonyl (C=O) groups is 2. The molecule has 4 N–H and O–H groups in total. The van der Waals surface area contributed by atoms with Crippen LogP contribution in [0.5, 0.6) is 0 Å². The number of amides is 3. The fourth-order valence-corrected chi connectivity index (χ4v) is 4.69. The lowest BCUT2D eigenvalue weighted by atomic mass is 9.99. The largest absolute Gasteiger partial charge is 0.370 e. The molecular weight excluding hydrogens is 342 g/mol. The lowest BCUT2D eigenvalue weighted by molar-refractivity contribution is -0.118. The quantitative estimate of drug-likeness (QED) is 0.705. The Morgan fingerprint density at radius 3 is 2.20 bits per heavy atom. The van der Waals surface area contributed by atoms with Gasteiger partial charge in [-0.3, -0.25) is 4.79 Å². The molecule has 0 radical (unpaired) electrons. The fourth-order valence-electron chi connectivity index (χ4n) is 3.73. The first kappa shape index (κ1) is 17.7. The summed E-state index contributed by atoms with van der Waals surface area (Å²) < 4.78 is 25.9. The van der Waals surface area contributed by atoms with Gasteiger partial charge in [-0.25, -0.2) is 17.9 Å². The number of hydrogen-bond acceptors (Lipinski definition) is 4. The maximum Gasteiger partial charge on any atom is 0.332 e. The monoisotopic (exact) mass is 365 g/mol. The van der Waals surface area contributed by atoms with E-state index in [9.17, 15) is 18.0 Å². The number of nitrogens with two attached hydrogens (primary N) is 1. The topological polar surface area (TPSA) is 118 Å². The van der Waals surface area contributed by atoms with Crippen LogP contribution in [0.4, 0.5) is 10.5 Å². The van der Waals surface area contributed by atoms with Gasteiger partial charge in [-0.2, -0.15) is 0 Å². The van der Waals surface area contributed by atoms with Crippen molar-refractivity contribution in [2.45, 2.75) is 51.4 Å². The van der Waals surface area contributed by atoms with Gasteiger partial charge in [-0.1, -0.05) is 6.07 Å². The fraction of sp³-hybridized carbons (Fsp3) is 0.529. The van der Waals surface area contributed by atoms with Gasteiger partial charge in [0, 0.05) is 12.1 Å². The first-order valence-corrected chi connectivity index (χ1v) is 10.3. The Morgan fingerprint density at radius 2 is 1.64 bits per heavy atom. The van der Waals surface area contributed by atoms with Gasteiger partial charge in [0.15, 0.2) is 0 Å². The number of benzene rings is 1. The van der Waals surface area contributed by atoms with Crippen molar-refractivity contribution in [3.8, 4) is 0 Å². The van der Waals surface area contributed by atoms with E-state index >= 15 is 0 Å². The highest BCUT2D eigenvalue weighted by molar-refractivity contribution is 7.90. The molecule has 3 amide bonds. The summed E-state index contributed by atoms with van der Waals surface area (Å²) in [5.41, 5.74) is 10.6. The van der Waals surface area contributed by atoms with E-state index in [0.29, 0.717) is 0 Å². The molecule has 0 spiro atoms. The number of primary amides is 1. The van der Waals surface area contributed by atoms with Crippen LogP contribution >= 0.6 is 0 Å². The van der Waals surface area contributed by atoms with Crippen molar-refractivity contribution in [3.05, 3.63) is 28.3 Å². The average molecular weight is 365 g/mol. The zero-order chi connectivity index (χ0) is 18.0. The molecule has 2 aliphatic carbocycles. The molecule has 0 unspecified atom stereocenters. The van der Waals surface area contributed by atoms with Gasteiger partial charge in [0.1, 0.15) is 0 Å². The number of urea groups is 1. The first-order chi connectivity index (χ1) is 11.9. The van der Waals surface area contributed by atoms with Crippen molar-refractivity contribution in [3.63, 3.8) is 0 Å². The molecule has 0 aliphatic heterocycles. The number of sulfonamides is 1. The molecule has 8 heteroatoms. The van der Waals surface area contributed by atoms with Crippen molar-refractivity contribution in [2.75, 3.05) is 11.1 Å². The van der Waals surface area contributed by atoms with Crippen LogP contribution < -0.4 is 15.8 Å². The Hall–Kier alpha value is -2.09. The maximum atomic E-state index is 12.2. The minimum atomic E-state index is -3.79. The molecule has 1 aromatic rings. The van der Waals surface area contributed by atoms with Crippen LogP contribution in [0.1, 0.15) is 47.9 Å². The Balaban J connectivity index is 1.71. The van der Waals surface area contributed by atoms with Crippen LogP contribution in [0, 0.1) is 0 Å². The minimum absolute atomic E-state index is 0.0256. The van der Waals surface area contributed by atoms with Crippen molar-refractivity contribution in [1.82, 2.24) is 4.72 Å². The van der Waals surface area contributed by atoms with E-state index in [2.05, 4.69) is 11.4 Å². The summed E-state index contributed by atoms with van der Waals surface area (Å²) in [7, 11) is -3.79. The molecule has 0 fully saturated rings. The molecule has 136 valence electrons. The lowest BCUT2D eigenvalue weighted by Crippen LogP contribution is -2.36. The van der Waals surface area contributed by atoms with Crippen LogP contribution in [0.25, 0.3) is 0 Å². The van der Waals surface area contributed by atoms with Crippen molar-refractivity contribution in [1.29, 1.82) is 0 Å². The molecule has 0 aromatic heterocycles. The van der Waals surface area contributed by atoms with Gasteiger partial charge in [0.25, 0.3) is 0 Å². The van der Waals surface area contributed by atoms with Crippen molar-refractivity contribution < 1.29 is 18.0 Å². The van der Waals surface area contributed by atoms with Crippen LogP contribution in [-0.4, -0.2) is 26.1 Å². The second kappa shape index (κ2) is 7.03.